The Balaban J connectivity index is 0. The standard InChI is InChI=1S/C9H13N7.2ClH/c10-8(11)15-7-3-1-2-6(4-7)5-14-16-9(12)13;;/h1-5H,(H4,10,11,15)(H4,12,13,16);2*1H. The first-order valence-corrected chi connectivity index (χ1v) is 4.39. The van der Waals surface area contributed by atoms with E-state index >= 15 is 0 Å². The van der Waals surface area contributed by atoms with Gasteiger partial charge in [0.15, 0.2) is 5.96 Å². The van der Waals surface area contributed by atoms with Crippen LogP contribution in [0.15, 0.2) is 39.5 Å². The lowest BCUT2D eigenvalue weighted by Crippen LogP contribution is -2.21. The summed E-state index contributed by atoms with van der Waals surface area (Å²) < 4.78 is 0. The van der Waals surface area contributed by atoms with Gasteiger partial charge in [-0.25, -0.2) is 4.99 Å². The van der Waals surface area contributed by atoms with Gasteiger partial charge in [0.2, 0.25) is 5.96 Å². The van der Waals surface area contributed by atoms with E-state index in [1.54, 1.807) is 18.2 Å². The third kappa shape index (κ3) is 7.31. The molecule has 0 aliphatic carbocycles. The molecule has 0 atom stereocenters. The molecule has 1 rings (SSSR count). The van der Waals surface area contributed by atoms with E-state index in [0.29, 0.717) is 5.69 Å². The van der Waals surface area contributed by atoms with Gasteiger partial charge in [0.05, 0.1) is 11.9 Å². The van der Waals surface area contributed by atoms with Crippen LogP contribution in [0.3, 0.4) is 0 Å². The number of hydrogen-bond donors (Lipinski definition) is 4. The van der Waals surface area contributed by atoms with Gasteiger partial charge in [-0.1, -0.05) is 12.1 Å². The van der Waals surface area contributed by atoms with E-state index < -0.39 is 0 Å². The predicted molar refractivity (Wildman–Crippen MR) is 79.8 cm³/mol. The zero-order chi connectivity index (χ0) is 12.0. The lowest BCUT2D eigenvalue weighted by atomic mass is 10.2. The number of guanidine groups is 2. The molecule has 0 saturated carbocycles. The highest BCUT2D eigenvalue weighted by Crippen LogP contribution is 2.12. The van der Waals surface area contributed by atoms with Crippen molar-refractivity contribution in [3.8, 4) is 0 Å². The molecule has 0 fully saturated rings. The van der Waals surface area contributed by atoms with Crippen molar-refractivity contribution in [1.29, 1.82) is 0 Å². The summed E-state index contributed by atoms with van der Waals surface area (Å²) in [5.41, 5.74) is 22.1. The summed E-state index contributed by atoms with van der Waals surface area (Å²) in [5, 5.41) is 7.13. The van der Waals surface area contributed by atoms with Crippen molar-refractivity contribution in [3.05, 3.63) is 29.8 Å². The highest BCUT2D eigenvalue weighted by atomic mass is 35.5. The maximum atomic E-state index is 5.25. The first kappa shape index (κ1) is 18.4. The van der Waals surface area contributed by atoms with E-state index in [1.165, 1.54) is 6.21 Å². The lowest BCUT2D eigenvalue weighted by molar-refractivity contribution is 1.21. The van der Waals surface area contributed by atoms with Crippen LogP contribution in [-0.4, -0.2) is 18.1 Å². The fourth-order valence-electron chi connectivity index (χ4n) is 0.986. The van der Waals surface area contributed by atoms with E-state index in [0.717, 1.165) is 5.56 Å². The summed E-state index contributed by atoms with van der Waals surface area (Å²) in [5.74, 6) is -0.102. The zero-order valence-electron chi connectivity index (χ0n) is 9.35. The van der Waals surface area contributed by atoms with E-state index in [-0.39, 0.29) is 36.7 Å². The van der Waals surface area contributed by atoms with Gasteiger partial charge < -0.3 is 22.9 Å². The van der Waals surface area contributed by atoms with Crippen molar-refractivity contribution < 1.29 is 0 Å². The van der Waals surface area contributed by atoms with Gasteiger partial charge in [0.25, 0.3) is 0 Å². The minimum absolute atomic E-state index is 0. The quantitative estimate of drug-likeness (QED) is 0.354. The number of rotatable bonds is 3. The lowest BCUT2D eigenvalue weighted by Gasteiger charge is -1.96. The van der Waals surface area contributed by atoms with Crippen LogP contribution < -0.4 is 22.9 Å². The first-order valence-electron chi connectivity index (χ1n) is 4.39. The molecule has 1 aromatic carbocycles. The molecule has 0 bridgehead atoms. The molecule has 7 nitrogen and oxygen atoms in total. The maximum absolute atomic E-state index is 5.25. The van der Waals surface area contributed by atoms with Crippen molar-refractivity contribution in [2.24, 2.45) is 38.1 Å². The van der Waals surface area contributed by atoms with Crippen molar-refractivity contribution in [2.75, 3.05) is 0 Å². The SMILES string of the molecule is Cl.Cl.NC(N)=NN=Cc1cccc(N=C(N)N)c1. The number of halogens is 2. The largest absolute Gasteiger partial charge is 0.370 e. The van der Waals surface area contributed by atoms with E-state index in [4.69, 9.17) is 22.9 Å². The Kier molecular flexibility index (Phi) is 9.27. The molecule has 1 aromatic rings. The summed E-state index contributed by atoms with van der Waals surface area (Å²) in [7, 11) is 0. The molecule has 18 heavy (non-hydrogen) atoms. The smallest absolute Gasteiger partial charge is 0.211 e. The number of benzene rings is 1. The molecule has 100 valence electrons. The van der Waals surface area contributed by atoms with Crippen LogP contribution in [0.2, 0.25) is 0 Å². The molecule has 0 aliphatic rings. The second kappa shape index (κ2) is 9.08. The average Bonchev–Trinajstić information content (AvgIpc) is 2.16. The number of nitrogens with zero attached hydrogens (tertiary/aromatic N) is 3. The number of nitrogens with two attached hydrogens (primary N) is 4. The van der Waals surface area contributed by atoms with Gasteiger partial charge in [-0.2, -0.15) is 5.10 Å². The van der Waals surface area contributed by atoms with Crippen molar-refractivity contribution in [1.82, 2.24) is 0 Å². The van der Waals surface area contributed by atoms with Crippen LogP contribution in [0.5, 0.6) is 0 Å². The van der Waals surface area contributed by atoms with Gasteiger partial charge in [0, 0.05) is 0 Å². The molecular weight excluding hydrogens is 277 g/mol. The normalized spacial score (nSPS) is 8.89. The maximum Gasteiger partial charge on any atom is 0.211 e. The van der Waals surface area contributed by atoms with Crippen LogP contribution in [0, 0.1) is 0 Å². The number of hydrogen-bond acceptors (Lipinski definition) is 3. The summed E-state index contributed by atoms with van der Waals surface area (Å²) >= 11 is 0. The second-order valence-corrected chi connectivity index (χ2v) is 2.90. The Bertz CT molecular complexity index is 448. The molecule has 9 heteroatoms. The Morgan fingerprint density at radius 1 is 1.00 bits per heavy atom. The molecule has 0 heterocycles. The third-order valence-electron chi connectivity index (χ3n) is 1.51. The Hall–Kier alpha value is -1.99. The van der Waals surface area contributed by atoms with Crippen LogP contribution in [-0.2, 0) is 0 Å². The minimum atomic E-state index is -0.100. The highest BCUT2D eigenvalue weighted by Gasteiger charge is 1.92. The Morgan fingerprint density at radius 2 is 1.67 bits per heavy atom. The van der Waals surface area contributed by atoms with E-state index in [9.17, 15) is 0 Å². The van der Waals surface area contributed by atoms with Gasteiger partial charge >= 0.3 is 0 Å². The van der Waals surface area contributed by atoms with Crippen LogP contribution >= 0.6 is 24.8 Å². The molecule has 0 aromatic heterocycles. The van der Waals surface area contributed by atoms with Gasteiger partial charge in [0.1, 0.15) is 0 Å². The monoisotopic (exact) mass is 291 g/mol. The third-order valence-corrected chi connectivity index (χ3v) is 1.51. The van der Waals surface area contributed by atoms with E-state index in [1.807, 2.05) is 6.07 Å². The minimum Gasteiger partial charge on any atom is -0.370 e. The van der Waals surface area contributed by atoms with Gasteiger partial charge in [-0.3, -0.25) is 0 Å². The second-order valence-electron chi connectivity index (χ2n) is 2.90. The van der Waals surface area contributed by atoms with Gasteiger partial charge in [-0.05, 0) is 17.7 Å². The van der Waals surface area contributed by atoms with E-state index in [2.05, 4.69) is 15.2 Å². The average molecular weight is 292 g/mol. The topological polar surface area (TPSA) is 141 Å². The van der Waals surface area contributed by atoms with Crippen LogP contribution in [0.4, 0.5) is 5.69 Å². The Morgan fingerprint density at radius 3 is 2.22 bits per heavy atom. The fraction of sp³-hybridized carbons (Fsp3) is 0. The molecule has 0 spiro atoms. The van der Waals surface area contributed by atoms with Crippen molar-refractivity contribution in [2.45, 2.75) is 0 Å². The highest BCUT2D eigenvalue weighted by molar-refractivity contribution is 5.86. The van der Waals surface area contributed by atoms with Crippen molar-refractivity contribution >= 4 is 48.6 Å². The molecule has 0 unspecified atom stereocenters. The first-order chi connectivity index (χ1) is 7.58. The molecule has 8 N–H and O–H groups in total. The molecular formula is C9H15Cl2N7. The summed E-state index contributed by atoms with van der Waals surface area (Å²) in [6.07, 6.45) is 1.49. The summed E-state index contributed by atoms with van der Waals surface area (Å²) in [6, 6.07) is 7.11. The Labute approximate surface area is 117 Å². The van der Waals surface area contributed by atoms with Crippen LogP contribution in [0.25, 0.3) is 0 Å². The molecule has 0 amide bonds. The molecule has 0 radical (unpaired) electrons. The summed E-state index contributed by atoms with van der Waals surface area (Å²) in [4.78, 5) is 3.89. The van der Waals surface area contributed by atoms with Crippen LogP contribution in [0.1, 0.15) is 5.56 Å². The molecule has 0 saturated heterocycles. The number of aliphatic imine (C=N–C) groups is 1. The summed E-state index contributed by atoms with van der Waals surface area (Å²) in [6.45, 7) is 0. The predicted octanol–water partition coefficient (Wildman–Crippen LogP) is 0.0424. The fourth-order valence-corrected chi connectivity index (χ4v) is 0.986. The van der Waals surface area contributed by atoms with Gasteiger partial charge in [-0.15, -0.1) is 29.9 Å². The zero-order valence-corrected chi connectivity index (χ0v) is 11.0. The molecule has 0 aliphatic heterocycles. The van der Waals surface area contributed by atoms with Crippen molar-refractivity contribution in [3.63, 3.8) is 0 Å².